The van der Waals surface area contributed by atoms with E-state index in [-0.39, 0.29) is 18.1 Å². The van der Waals surface area contributed by atoms with Gasteiger partial charge in [-0.05, 0) is 54.3 Å². The van der Waals surface area contributed by atoms with Crippen molar-refractivity contribution >= 4 is 8.32 Å². The Bertz CT molecular complexity index is 600. The zero-order valence-electron chi connectivity index (χ0n) is 20.6. The molecule has 0 aromatic rings. The monoisotopic (exact) mass is 422 g/mol. The Labute approximate surface area is 181 Å². The Morgan fingerprint density at radius 3 is 2.10 bits per heavy atom. The lowest BCUT2D eigenvalue weighted by atomic mass is 9.62. The molecule has 0 bridgehead atoms. The Hall–Kier alpha value is -0.423. The highest BCUT2D eigenvalue weighted by atomic mass is 28.4. The predicted molar refractivity (Wildman–Crippen MR) is 126 cm³/mol. The molecular formula is C25H46O3Si. The summed E-state index contributed by atoms with van der Waals surface area (Å²) in [5.41, 5.74) is 2.62. The smallest absolute Gasteiger partial charge is 0.200 e. The van der Waals surface area contributed by atoms with Gasteiger partial charge in [0, 0.05) is 5.92 Å². The average molecular weight is 423 g/mol. The number of rotatable bonds is 8. The van der Waals surface area contributed by atoms with Gasteiger partial charge in [0.15, 0.2) is 8.32 Å². The summed E-state index contributed by atoms with van der Waals surface area (Å²) >= 11 is 0. The second kappa shape index (κ2) is 8.98. The third-order valence-corrected chi connectivity index (χ3v) is 14.0. The van der Waals surface area contributed by atoms with Crippen molar-refractivity contribution in [3.63, 3.8) is 0 Å². The molecule has 1 saturated heterocycles. The lowest BCUT2D eigenvalue weighted by Gasteiger charge is -2.46. The molecule has 168 valence electrons. The van der Waals surface area contributed by atoms with Crippen LogP contribution in [0.5, 0.6) is 0 Å². The molecule has 1 aliphatic heterocycles. The summed E-state index contributed by atoms with van der Waals surface area (Å²) in [7, 11) is -2.03. The molecule has 1 fully saturated rings. The zero-order valence-corrected chi connectivity index (χ0v) is 21.6. The van der Waals surface area contributed by atoms with Crippen LogP contribution in [0.1, 0.15) is 75.7 Å². The van der Waals surface area contributed by atoms with Gasteiger partial charge in [-0.1, -0.05) is 73.6 Å². The second-order valence-corrected chi connectivity index (χ2v) is 16.4. The largest absolute Gasteiger partial charge is 0.413 e. The Balaban J connectivity index is 2.42. The molecule has 1 N–H and O–H groups in total. The van der Waals surface area contributed by atoms with Crippen molar-refractivity contribution in [2.75, 3.05) is 6.61 Å². The molecular weight excluding hydrogens is 376 g/mol. The third kappa shape index (κ3) is 4.07. The Morgan fingerprint density at radius 2 is 1.69 bits per heavy atom. The van der Waals surface area contributed by atoms with E-state index in [0.717, 1.165) is 17.6 Å². The van der Waals surface area contributed by atoms with E-state index in [1.54, 1.807) is 0 Å². The van der Waals surface area contributed by atoms with Crippen LogP contribution in [0, 0.1) is 17.8 Å². The summed E-state index contributed by atoms with van der Waals surface area (Å²) in [5.74, 6) is 0.918. The molecule has 2 rings (SSSR count). The van der Waals surface area contributed by atoms with Gasteiger partial charge in [0.25, 0.3) is 0 Å². The van der Waals surface area contributed by atoms with Crippen molar-refractivity contribution in [1.82, 2.24) is 0 Å². The highest BCUT2D eigenvalue weighted by Crippen LogP contribution is 2.53. The van der Waals surface area contributed by atoms with Crippen molar-refractivity contribution < 1.29 is 14.3 Å². The van der Waals surface area contributed by atoms with E-state index in [1.165, 1.54) is 0 Å². The van der Waals surface area contributed by atoms with Crippen LogP contribution < -0.4 is 0 Å². The number of allylic oxidation sites excluding steroid dienone is 1. The van der Waals surface area contributed by atoms with Crippen molar-refractivity contribution in [2.45, 2.75) is 110 Å². The van der Waals surface area contributed by atoms with Crippen LogP contribution in [0.15, 0.2) is 23.8 Å². The van der Waals surface area contributed by atoms with Crippen LogP contribution in [-0.4, -0.2) is 37.8 Å². The SMILES string of the molecule is C=C(C)[C@@H]1O[C@H](CO[Si](C(C)C)(C(C)C)C(C)C)[C@@]2(O)C(C)=CC[C@H](C(C)C)[C@@H]12. The first kappa shape index (κ1) is 24.8. The molecule has 4 heteroatoms. The molecule has 1 aliphatic carbocycles. The maximum atomic E-state index is 12.1. The molecule has 0 aromatic carbocycles. The molecule has 0 radical (unpaired) electrons. The molecule has 3 nitrogen and oxygen atoms in total. The zero-order chi connectivity index (χ0) is 22.3. The molecule has 0 spiro atoms. The number of aliphatic hydroxyl groups is 1. The van der Waals surface area contributed by atoms with Crippen LogP contribution in [-0.2, 0) is 9.16 Å². The van der Waals surface area contributed by atoms with Gasteiger partial charge >= 0.3 is 0 Å². The van der Waals surface area contributed by atoms with Gasteiger partial charge < -0.3 is 14.3 Å². The lowest BCUT2D eigenvalue weighted by Crippen LogP contribution is -2.55. The van der Waals surface area contributed by atoms with Gasteiger partial charge in [-0.2, -0.15) is 0 Å². The van der Waals surface area contributed by atoms with Crippen LogP contribution in [0.25, 0.3) is 0 Å². The van der Waals surface area contributed by atoms with E-state index in [0.29, 0.717) is 35.1 Å². The molecule has 0 unspecified atom stereocenters. The van der Waals surface area contributed by atoms with E-state index in [2.05, 4.69) is 75.0 Å². The van der Waals surface area contributed by atoms with Crippen molar-refractivity contribution in [1.29, 1.82) is 0 Å². The topological polar surface area (TPSA) is 38.7 Å². The van der Waals surface area contributed by atoms with Gasteiger partial charge in [0.05, 0.1) is 12.7 Å². The van der Waals surface area contributed by atoms with Gasteiger partial charge in [-0.3, -0.25) is 0 Å². The fraction of sp³-hybridized carbons (Fsp3) is 0.840. The highest BCUT2D eigenvalue weighted by molar-refractivity contribution is 6.77. The van der Waals surface area contributed by atoms with E-state index in [1.807, 2.05) is 6.92 Å². The second-order valence-electron chi connectivity index (χ2n) is 10.9. The van der Waals surface area contributed by atoms with Crippen molar-refractivity contribution in [2.24, 2.45) is 17.8 Å². The van der Waals surface area contributed by atoms with Crippen LogP contribution >= 0.6 is 0 Å². The van der Waals surface area contributed by atoms with Crippen LogP contribution in [0.4, 0.5) is 0 Å². The van der Waals surface area contributed by atoms with Crippen LogP contribution in [0.2, 0.25) is 16.6 Å². The summed E-state index contributed by atoms with van der Waals surface area (Å²) in [4.78, 5) is 0. The Kier molecular flexibility index (Phi) is 7.69. The van der Waals surface area contributed by atoms with Crippen molar-refractivity contribution in [3.05, 3.63) is 23.8 Å². The van der Waals surface area contributed by atoms with Gasteiger partial charge in [-0.25, -0.2) is 0 Å². The van der Waals surface area contributed by atoms with Gasteiger partial charge in [0.2, 0.25) is 0 Å². The first-order valence-electron chi connectivity index (χ1n) is 11.7. The van der Waals surface area contributed by atoms with E-state index < -0.39 is 13.9 Å². The Morgan fingerprint density at radius 1 is 1.17 bits per heavy atom. The van der Waals surface area contributed by atoms with Crippen molar-refractivity contribution in [3.8, 4) is 0 Å². The first-order chi connectivity index (χ1) is 13.3. The summed E-state index contributed by atoms with van der Waals surface area (Å²) in [6.45, 7) is 27.1. The third-order valence-electron chi connectivity index (χ3n) is 7.96. The fourth-order valence-electron chi connectivity index (χ4n) is 6.50. The standard InChI is InChI=1S/C25H46O3Si/c1-15(2)21-13-12-20(11)25(26)22(28-24(16(3)4)23(21)25)14-27-29(17(5)6,18(7)8)19(9)10/h12,15,17-19,21-24,26H,3,13-14H2,1-2,4-11H3/t21-,22-,23+,24+,25+/m1/s1. The predicted octanol–water partition coefficient (Wildman–Crippen LogP) is 6.49. The molecule has 5 atom stereocenters. The number of ether oxygens (including phenoxy) is 1. The average Bonchev–Trinajstić information content (AvgIpc) is 2.89. The summed E-state index contributed by atoms with van der Waals surface area (Å²) < 4.78 is 13.4. The summed E-state index contributed by atoms with van der Waals surface area (Å²) in [6, 6.07) is 0. The van der Waals surface area contributed by atoms with Gasteiger partial charge in [0.1, 0.15) is 11.7 Å². The highest BCUT2D eigenvalue weighted by Gasteiger charge is 2.61. The molecule has 2 aliphatic rings. The lowest BCUT2D eigenvalue weighted by molar-refractivity contribution is -0.0614. The van der Waals surface area contributed by atoms with E-state index in [4.69, 9.17) is 9.16 Å². The minimum Gasteiger partial charge on any atom is -0.413 e. The number of hydrogen-bond donors (Lipinski definition) is 1. The fourth-order valence-corrected chi connectivity index (χ4v) is 11.9. The molecule has 29 heavy (non-hydrogen) atoms. The van der Waals surface area contributed by atoms with Crippen LogP contribution in [0.3, 0.4) is 0 Å². The summed E-state index contributed by atoms with van der Waals surface area (Å²) in [5, 5.41) is 12.1. The number of fused-ring (bicyclic) bond motifs is 1. The maximum Gasteiger partial charge on any atom is 0.200 e. The van der Waals surface area contributed by atoms with E-state index in [9.17, 15) is 5.11 Å². The minimum atomic E-state index is -2.03. The molecule has 0 aromatic heterocycles. The quantitative estimate of drug-likeness (QED) is 0.359. The minimum absolute atomic E-state index is 0.0480. The molecule has 0 saturated carbocycles. The van der Waals surface area contributed by atoms with Gasteiger partial charge in [-0.15, -0.1) is 0 Å². The maximum absolute atomic E-state index is 12.1. The normalized spacial score (nSPS) is 33.0. The van der Waals surface area contributed by atoms with E-state index >= 15 is 0 Å². The molecule has 0 amide bonds. The molecule has 1 heterocycles. The first-order valence-corrected chi connectivity index (χ1v) is 13.8. The summed E-state index contributed by atoms with van der Waals surface area (Å²) in [6.07, 6.45) is 2.78. The number of hydrogen-bond acceptors (Lipinski definition) is 3.